The molecule has 0 amide bonds. The van der Waals surface area contributed by atoms with Gasteiger partial charge in [-0.1, -0.05) is 0 Å². The average molecular weight is 230 g/mol. The lowest BCUT2D eigenvalue weighted by atomic mass is 10.4. The van der Waals surface area contributed by atoms with Crippen molar-refractivity contribution >= 4 is 24.4 Å². The van der Waals surface area contributed by atoms with Gasteiger partial charge in [-0.2, -0.15) is 26.3 Å². The van der Waals surface area contributed by atoms with Crippen molar-refractivity contribution in [2.24, 2.45) is 0 Å². The molecule has 8 heteroatoms. The second-order valence-electron chi connectivity index (χ2n) is 1.84. The van der Waals surface area contributed by atoms with Crippen molar-refractivity contribution in [3.8, 4) is 0 Å². The van der Waals surface area contributed by atoms with Crippen molar-refractivity contribution < 1.29 is 26.3 Å². The summed E-state index contributed by atoms with van der Waals surface area (Å²) in [5.41, 5.74) is 0. The third-order valence-electron chi connectivity index (χ3n) is 1.06. The molecule has 0 aliphatic carbocycles. The largest absolute Gasteiger partial charge is 0.420 e. The zero-order valence-electron chi connectivity index (χ0n) is 5.62. The van der Waals surface area contributed by atoms with Crippen molar-refractivity contribution in [3.05, 3.63) is 0 Å². The number of hydrogen-bond donors (Lipinski definition) is 1. The van der Waals surface area contributed by atoms with Gasteiger partial charge >= 0.3 is 12.4 Å². The van der Waals surface area contributed by atoms with Crippen LogP contribution in [0.25, 0.3) is 0 Å². The van der Waals surface area contributed by atoms with Crippen LogP contribution in [-0.4, -0.2) is 22.7 Å². The Morgan fingerprint density at radius 1 is 0.917 bits per heavy atom. The summed E-state index contributed by atoms with van der Waals surface area (Å²) in [6.07, 6.45) is -10.1. The first kappa shape index (κ1) is 12.3. The van der Waals surface area contributed by atoms with E-state index in [0.29, 0.717) is 6.26 Å². The summed E-state index contributed by atoms with van der Waals surface area (Å²) in [5, 5.41) is 0. The maximum absolute atomic E-state index is 11.8. The van der Waals surface area contributed by atoms with Gasteiger partial charge in [-0.3, -0.25) is 0 Å². The van der Waals surface area contributed by atoms with Gasteiger partial charge in [0.2, 0.25) is 4.08 Å². The highest BCUT2D eigenvalue weighted by Crippen LogP contribution is 2.53. The Hall–Kier alpha value is 0.280. The third-order valence-corrected chi connectivity index (χ3v) is 3.17. The fraction of sp³-hybridized carbons (Fsp3) is 1.00. The number of hydrogen-bond acceptors (Lipinski definition) is 2. The van der Waals surface area contributed by atoms with E-state index in [1.54, 1.807) is 0 Å². The van der Waals surface area contributed by atoms with Gasteiger partial charge in [0.15, 0.2) is 0 Å². The van der Waals surface area contributed by atoms with E-state index in [4.69, 9.17) is 0 Å². The minimum atomic E-state index is -5.41. The molecule has 0 aliphatic rings. The van der Waals surface area contributed by atoms with E-state index >= 15 is 0 Å². The molecule has 0 N–H and O–H groups in total. The van der Waals surface area contributed by atoms with Crippen molar-refractivity contribution in [1.29, 1.82) is 0 Å². The first-order valence-corrected chi connectivity index (χ1v) is 4.14. The molecule has 0 radical (unpaired) electrons. The molecule has 0 bridgehead atoms. The molecule has 0 atom stereocenters. The van der Waals surface area contributed by atoms with Crippen molar-refractivity contribution in [2.75, 3.05) is 6.26 Å². The van der Waals surface area contributed by atoms with Crippen LogP contribution in [0.1, 0.15) is 0 Å². The van der Waals surface area contributed by atoms with Gasteiger partial charge in [0.1, 0.15) is 0 Å². The molecule has 0 spiro atoms. The minimum Gasteiger partial charge on any atom is -0.168 e. The smallest absolute Gasteiger partial charge is 0.168 e. The highest BCUT2D eigenvalue weighted by Gasteiger charge is 2.68. The molecule has 0 unspecified atom stereocenters. The van der Waals surface area contributed by atoms with Gasteiger partial charge in [-0.05, 0) is 6.26 Å². The molecule has 0 aromatic carbocycles. The maximum atomic E-state index is 11.8. The van der Waals surface area contributed by atoms with Gasteiger partial charge in [0.25, 0.3) is 0 Å². The summed E-state index contributed by atoms with van der Waals surface area (Å²) in [6, 6.07) is 0. The number of rotatable bonds is 1. The zero-order chi connectivity index (χ0) is 10.2. The van der Waals surface area contributed by atoms with E-state index in [1.807, 2.05) is 0 Å². The fourth-order valence-electron chi connectivity index (χ4n) is 0.392. The van der Waals surface area contributed by atoms with Gasteiger partial charge in [-0.25, -0.2) is 0 Å². The van der Waals surface area contributed by atoms with E-state index in [9.17, 15) is 26.3 Å². The SMILES string of the molecule is CSC(S)(C(F)(F)F)C(F)(F)F. The van der Waals surface area contributed by atoms with Crippen LogP contribution in [0, 0.1) is 0 Å². The Kier molecular flexibility index (Phi) is 3.28. The average Bonchev–Trinajstić information content (AvgIpc) is 1.81. The first-order valence-electron chi connectivity index (χ1n) is 2.47. The normalized spacial score (nSPS) is 15.0. The molecule has 0 heterocycles. The van der Waals surface area contributed by atoms with E-state index in [0.717, 1.165) is 0 Å². The number of thioether (sulfide) groups is 1. The monoisotopic (exact) mass is 230 g/mol. The second kappa shape index (κ2) is 3.21. The summed E-state index contributed by atoms with van der Waals surface area (Å²) in [6.45, 7) is 0. The molecular weight excluding hydrogens is 226 g/mol. The molecule has 0 saturated heterocycles. The van der Waals surface area contributed by atoms with E-state index in [-0.39, 0.29) is 0 Å². The Labute approximate surface area is 74.1 Å². The Morgan fingerprint density at radius 2 is 1.17 bits per heavy atom. The Morgan fingerprint density at radius 3 is 1.17 bits per heavy atom. The molecule has 0 aromatic rings. The molecule has 0 nitrogen and oxygen atoms in total. The van der Waals surface area contributed by atoms with E-state index < -0.39 is 28.2 Å². The lowest BCUT2D eigenvalue weighted by Gasteiger charge is -2.30. The van der Waals surface area contributed by atoms with Crippen LogP contribution in [0.15, 0.2) is 0 Å². The Bertz CT molecular complexity index is 144. The van der Waals surface area contributed by atoms with Crippen LogP contribution >= 0.6 is 24.4 Å². The Balaban J connectivity index is 4.95. The highest BCUT2D eigenvalue weighted by molar-refractivity contribution is 8.11. The summed E-state index contributed by atoms with van der Waals surface area (Å²) in [4.78, 5) is 0. The van der Waals surface area contributed by atoms with E-state index in [1.165, 1.54) is 0 Å². The van der Waals surface area contributed by atoms with Crippen LogP contribution < -0.4 is 0 Å². The van der Waals surface area contributed by atoms with Crippen LogP contribution in [-0.2, 0) is 0 Å². The number of thiol groups is 1. The third kappa shape index (κ3) is 1.95. The standard InChI is InChI=1S/C4H4F6S2/c1-12-2(11,3(5,6)7)4(8,9)10/h11H,1H3. The number of alkyl halides is 6. The summed E-state index contributed by atoms with van der Waals surface area (Å²) in [7, 11) is 0. The van der Waals surface area contributed by atoms with Gasteiger partial charge in [0.05, 0.1) is 0 Å². The summed E-state index contributed by atoms with van der Waals surface area (Å²) in [5.74, 6) is 0. The first-order chi connectivity index (χ1) is 5.06. The lowest BCUT2D eigenvalue weighted by molar-refractivity contribution is -0.235. The fourth-order valence-corrected chi connectivity index (χ4v) is 0.855. The molecule has 74 valence electrons. The molecule has 0 fully saturated rings. The summed E-state index contributed by atoms with van der Waals surface area (Å²) < 4.78 is 66.7. The van der Waals surface area contributed by atoms with E-state index in [2.05, 4.69) is 12.6 Å². The number of halogens is 6. The minimum absolute atomic E-state index is 0.400. The lowest BCUT2D eigenvalue weighted by Crippen LogP contribution is -2.49. The van der Waals surface area contributed by atoms with Crippen LogP contribution in [0.2, 0.25) is 0 Å². The molecule has 0 aromatic heterocycles. The molecular formula is C4H4F6S2. The molecule has 0 rings (SSSR count). The summed E-state index contributed by atoms with van der Waals surface area (Å²) >= 11 is 2.19. The van der Waals surface area contributed by atoms with Crippen LogP contribution in [0.3, 0.4) is 0 Å². The predicted molar refractivity (Wildman–Crippen MR) is 37.3 cm³/mol. The van der Waals surface area contributed by atoms with Crippen molar-refractivity contribution in [3.63, 3.8) is 0 Å². The second-order valence-corrected chi connectivity index (χ2v) is 3.84. The van der Waals surface area contributed by atoms with Crippen molar-refractivity contribution in [2.45, 2.75) is 16.4 Å². The topological polar surface area (TPSA) is 0 Å². The predicted octanol–water partition coefficient (Wildman–Crippen LogP) is 3.10. The van der Waals surface area contributed by atoms with Gasteiger partial charge < -0.3 is 0 Å². The van der Waals surface area contributed by atoms with Gasteiger partial charge in [0, 0.05) is 0 Å². The maximum Gasteiger partial charge on any atom is 0.420 e. The molecule has 0 aliphatic heterocycles. The van der Waals surface area contributed by atoms with Gasteiger partial charge in [-0.15, -0.1) is 24.4 Å². The highest BCUT2D eigenvalue weighted by atomic mass is 32.2. The molecule has 0 saturated carbocycles. The molecule has 12 heavy (non-hydrogen) atoms. The van der Waals surface area contributed by atoms with Crippen LogP contribution in [0.5, 0.6) is 0 Å². The quantitative estimate of drug-likeness (QED) is 0.410. The van der Waals surface area contributed by atoms with Crippen LogP contribution in [0.4, 0.5) is 26.3 Å². The zero-order valence-corrected chi connectivity index (χ0v) is 7.33. The van der Waals surface area contributed by atoms with Crippen molar-refractivity contribution in [1.82, 2.24) is 0 Å².